The Morgan fingerprint density at radius 1 is 1.50 bits per heavy atom. The summed E-state index contributed by atoms with van der Waals surface area (Å²) in [4.78, 5) is 3.95. The number of nitrogens with two attached hydrogens (primary N) is 1. The Morgan fingerprint density at radius 2 is 2.08 bits per heavy atom. The molecule has 0 unspecified atom stereocenters. The van der Waals surface area contributed by atoms with Crippen LogP contribution in [0.2, 0.25) is 0 Å². The molecule has 1 rings (SSSR count). The summed E-state index contributed by atoms with van der Waals surface area (Å²) < 4.78 is 6.37. The fourth-order valence-electron chi connectivity index (χ4n) is 0.655. The molecular formula is C5H12Cl2N4O. The SMILES string of the molecule is COc1nc(CN)n(C)n1.Cl.Cl. The van der Waals surface area contributed by atoms with E-state index in [0.29, 0.717) is 12.6 Å². The van der Waals surface area contributed by atoms with Crippen molar-refractivity contribution in [2.24, 2.45) is 12.8 Å². The van der Waals surface area contributed by atoms with Crippen molar-refractivity contribution in [3.63, 3.8) is 0 Å². The molecule has 5 nitrogen and oxygen atoms in total. The molecule has 0 bridgehead atoms. The zero-order chi connectivity index (χ0) is 7.56. The van der Waals surface area contributed by atoms with E-state index in [4.69, 9.17) is 10.5 Å². The Kier molecular flexibility index (Phi) is 7.07. The highest BCUT2D eigenvalue weighted by molar-refractivity contribution is 5.85. The van der Waals surface area contributed by atoms with Crippen LogP contribution in [0.5, 0.6) is 6.01 Å². The first-order valence-electron chi connectivity index (χ1n) is 2.92. The molecule has 0 aliphatic rings. The lowest BCUT2D eigenvalue weighted by Gasteiger charge is -1.89. The maximum absolute atomic E-state index is 5.34. The van der Waals surface area contributed by atoms with E-state index >= 15 is 0 Å². The van der Waals surface area contributed by atoms with Gasteiger partial charge >= 0.3 is 6.01 Å². The zero-order valence-corrected chi connectivity index (χ0v) is 8.48. The molecule has 0 aliphatic heterocycles. The largest absolute Gasteiger partial charge is 0.466 e. The minimum atomic E-state index is 0. The lowest BCUT2D eigenvalue weighted by atomic mass is 10.6. The van der Waals surface area contributed by atoms with E-state index < -0.39 is 0 Å². The summed E-state index contributed by atoms with van der Waals surface area (Å²) in [5.74, 6) is 0.719. The number of rotatable bonds is 2. The lowest BCUT2D eigenvalue weighted by molar-refractivity contribution is 0.378. The van der Waals surface area contributed by atoms with Crippen LogP contribution in [0.15, 0.2) is 0 Å². The number of nitrogens with zero attached hydrogens (tertiary/aromatic N) is 3. The van der Waals surface area contributed by atoms with Gasteiger partial charge in [0.1, 0.15) is 5.82 Å². The molecule has 1 aromatic heterocycles. The molecule has 2 N–H and O–H groups in total. The molecule has 0 amide bonds. The van der Waals surface area contributed by atoms with Crippen molar-refractivity contribution < 1.29 is 4.74 Å². The molecule has 0 saturated heterocycles. The lowest BCUT2D eigenvalue weighted by Crippen LogP contribution is -2.05. The van der Waals surface area contributed by atoms with E-state index in [1.807, 2.05) is 0 Å². The standard InChI is InChI=1S/C5H10N4O.2ClH/c1-9-4(3-6)7-5(8-9)10-2;;/h3,6H2,1-2H3;2*1H. The van der Waals surface area contributed by atoms with Crippen molar-refractivity contribution in [1.29, 1.82) is 0 Å². The van der Waals surface area contributed by atoms with Crippen molar-refractivity contribution in [2.45, 2.75) is 6.54 Å². The van der Waals surface area contributed by atoms with Gasteiger partial charge in [-0.1, -0.05) is 0 Å². The summed E-state index contributed by atoms with van der Waals surface area (Å²) >= 11 is 0. The van der Waals surface area contributed by atoms with E-state index in [0.717, 1.165) is 5.82 Å². The highest BCUT2D eigenvalue weighted by Crippen LogP contribution is 2.01. The third kappa shape index (κ3) is 2.84. The highest BCUT2D eigenvalue weighted by Gasteiger charge is 2.03. The molecule has 0 fully saturated rings. The van der Waals surface area contributed by atoms with Crippen LogP contribution in [-0.4, -0.2) is 21.9 Å². The summed E-state index contributed by atoms with van der Waals surface area (Å²) in [6.07, 6.45) is 0. The molecule has 72 valence electrons. The highest BCUT2D eigenvalue weighted by atomic mass is 35.5. The van der Waals surface area contributed by atoms with Gasteiger partial charge in [-0.15, -0.1) is 29.9 Å². The Hall–Kier alpha value is -0.520. The first-order valence-corrected chi connectivity index (χ1v) is 2.92. The number of hydrogen-bond donors (Lipinski definition) is 1. The van der Waals surface area contributed by atoms with E-state index in [2.05, 4.69) is 10.1 Å². The minimum absolute atomic E-state index is 0. The molecule has 12 heavy (non-hydrogen) atoms. The van der Waals surface area contributed by atoms with Crippen molar-refractivity contribution in [3.8, 4) is 6.01 Å². The quantitative estimate of drug-likeness (QED) is 0.761. The summed E-state index contributed by atoms with van der Waals surface area (Å²) in [7, 11) is 3.30. The van der Waals surface area contributed by atoms with Crippen LogP contribution in [0, 0.1) is 0 Å². The van der Waals surface area contributed by atoms with Crippen molar-refractivity contribution in [2.75, 3.05) is 7.11 Å². The third-order valence-electron chi connectivity index (χ3n) is 1.20. The number of aromatic nitrogens is 3. The molecule has 0 spiro atoms. The monoisotopic (exact) mass is 214 g/mol. The van der Waals surface area contributed by atoms with E-state index in [-0.39, 0.29) is 24.8 Å². The van der Waals surface area contributed by atoms with Gasteiger partial charge in [0.05, 0.1) is 13.7 Å². The molecular weight excluding hydrogens is 203 g/mol. The maximum Gasteiger partial charge on any atom is 0.335 e. The van der Waals surface area contributed by atoms with Gasteiger partial charge in [-0.05, 0) is 0 Å². The number of methoxy groups -OCH3 is 1. The summed E-state index contributed by atoms with van der Waals surface area (Å²) in [6.45, 7) is 0.382. The van der Waals surface area contributed by atoms with E-state index in [9.17, 15) is 0 Å². The second-order valence-corrected chi connectivity index (χ2v) is 1.84. The van der Waals surface area contributed by atoms with Crippen LogP contribution in [0.4, 0.5) is 0 Å². The zero-order valence-electron chi connectivity index (χ0n) is 6.85. The Morgan fingerprint density at radius 3 is 2.33 bits per heavy atom. The normalized spacial score (nSPS) is 8.25. The number of hydrogen-bond acceptors (Lipinski definition) is 4. The van der Waals surface area contributed by atoms with Gasteiger partial charge in [0.2, 0.25) is 0 Å². The minimum Gasteiger partial charge on any atom is -0.466 e. The fourth-order valence-corrected chi connectivity index (χ4v) is 0.655. The molecule has 0 aliphatic carbocycles. The summed E-state index contributed by atoms with van der Waals surface area (Å²) in [5, 5.41) is 3.90. The predicted octanol–water partition coefficient (Wildman–Crippen LogP) is 0.126. The third-order valence-corrected chi connectivity index (χ3v) is 1.20. The van der Waals surface area contributed by atoms with Gasteiger partial charge in [0.25, 0.3) is 0 Å². The van der Waals surface area contributed by atoms with Gasteiger partial charge in [0, 0.05) is 7.05 Å². The maximum atomic E-state index is 5.34. The molecule has 0 aromatic carbocycles. The van der Waals surface area contributed by atoms with E-state index in [1.165, 1.54) is 7.11 Å². The van der Waals surface area contributed by atoms with Crippen molar-refractivity contribution >= 4 is 24.8 Å². The molecule has 0 saturated carbocycles. The van der Waals surface area contributed by atoms with Crippen molar-refractivity contribution in [1.82, 2.24) is 14.8 Å². The van der Waals surface area contributed by atoms with Crippen LogP contribution in [0.1, 0.15) is 5.82 Å². The predicted molar refractivity (Wildman–Crippen MR) is 49.9 cm³/mol. The number of halogens is 2. The van der Waals surface area contributed by atoms with Crippen LogP contribution < -0.4 is 10.5 Å². The fraction of sp³-hybridized carbons (Fsp3) is 0.600. The van der Waals surface area contributed by atoms with Gasteiger partial charge < -0.3 is 10.5 Å². The molecule has 7 heteroatoms. The average Bonchev–Trinajstić information content (AvgIpc) is 2.30. The van der Waals surface area contributed by atoms with Crippen molar-refractivity contribution in [3.05, 3.63) is 5.82 Å². The smallest absolute Gasteiger partial charge is 0.335 e. The summed E-state index contributed by atoms with van der Waals surface area (Å²) in [5.41, 5.74) is 5.34. The average molecular weight is 215 g/mol. The second-order valence-electron chi connectivity index (χ2n) is 1.84. The first-order chi connectivity index (χ1) is 4.77. The molecule has 1 heterocycles. The number of aryl methyl sites for hydroxylation is 1. The van der Waals surface area contributed by atoms with Crippen LogP contribution in [0.3, 0.4) is 0 Å². The van der Waals surface area contributed by atoms with Crippen LogP contribution in [0.25, 0.3) is 0 Å². The Bertz CT molecular complexity index is 227. The van der Waals surface area contributed by atoms with Gasteiger partial charge in [-0.2, -0.15) is 4.98 Å². The van der Waals surface area contributed by atoms with Gasteiger partial charge in [-0.3, -0.25) is 0 Å². The molecule has 0 atom stereocenters. The Balaban J connectivity index is 0. The summed E-state index contributed by atoms with van der Waals surface area (Å²) in [6, 6.07) is 0.364. The Labute approximate surface area is 83.1 Å². The van der Waals surface area contributed by atoms with Crippen LogP contribution >= 0.6 is 24.8 Å². The van der Waals surface area contributed by atoms with Gasteiger partial charge in [0.15, 0.2) is 0 Å². The molecule has 0 radical (unpaired) electrons. The van der Waals surface area contributed by atoms with Gasteiger partial charge in [-0.25, -0.2) is 4.68 Å². The first kappa shape index (κ1) is 14.0. The van der Waals surface area contributed by atoms with Crippen LogP contribution in [-0.2, 0) is 13.6 Å². The van der Waals surface area contributed by atoms with E-state index in [1.54, 1.807) is 11.7 Å². The number of ether oxygens (including phenoxy) is 1. The molecule has 1 aromatic rings. The second kappa shape index (κ2) is 6.05. The topological polar surface area (TPSA) is 66.0 Å².